The maximum absolute atomic E-state index is 12.5. The van der Waals surface area contributed by atoms with Gasteiger partial charge in [0.25, 0.3) is 5.91 Å². The van der Waals surface area contributed by atoms with Gasteiger partial charge in [-0.05, 0) is 84.7 Å². The highest BCUT2D eigenvalue weighted by Gasteiger charge is 2.38. The number of para-hydroxylation sites is 1. The minimum absolute atomic E-state index is 0.0105. The number of aliphatic carboxylic acids is 1. The number of alkyl halides is 3. The number of carbonyl (C=O) groups is 2. The van der Waals surface area contributed by atoms with E-state index in [0.717, 1.165) is 51.5 Å². The van der Waals surface area contributed by atoms with Gasteiger partial charge in [0.05, 0.1) is 5.52 Å². The van der Waals surface area contributed by atoms with Gasteiger partial charge in [-0.1, -0.05) is 12.1 Å². The van der Waals surface area contributed by atoms with Crippen LogP contribution in [0, 0.1) is 3.57 Å². The van der Waals surface area contributed by atoms with Crippen LogP contribution in [0.15, 0.2) is 48.5 Å². The monoisotopic (exact) mass is 629 g/mol. The average molecular weight is 629 g/mol. The molecule has 0 aliphatic heterocycles. The molecule has 4 rings (SSSR count). The molecule has 12 heteroatoms. The van der Waals surface area contributed by atoms with E-state index in [0.29, 0.717) is 12.0 Å². The van der Waals surface area contributed by atoms with Gasteiger partial charge >= 0.3 is 12.1 Å². The third kappa shape index (κ3) is 8.17. The molecule has 1 aromatic heterocycles. The topological polar surface area (TPSA) is 107 Å². The van der Waals surface area contributed by atoms with Crippen molar-refractivity contribution in [2.45, 2.75) is 43.9 Å². The summed E-state index contributed by atoms with van der Waals surface area (Å²) in [6, 6.07) is 16.3. The molecule has 0 atom stereocenters. The van der Waals surface area contributed by atoms with Gasteiger partial charge < -0.3 is 20.6 Å². The fourth-order valence-corrected chi connectivity index (χ4v) is 4.26. The first kappa shape index (κ1) is 28.4. The zero-order valence-corrected chi connectivity index (χ0v) is 22.4. The summed E-state index contributed by atoms with van der Waals surface area (Å²) in [4.78, 5) is 32.8. The largest absolute Gasteiger partial charge is 0.490 e. The quantitative estimate of drug-likeness (QED) is 0.338. The molecular weight excluding hydrogens is 602 g/mol. The van der Waals surface area contributed by atoms with Crippen molar-refractivity contribution < 1.29 is 27.9 Å². The number of halogens is 4. The van der Waals surface area contributed by atoms with Gasteiger partial charge in [0, 0.05) is 40.7 Å². The van der Waals surface area contributed by atoms with Crippen molar-refractivity contribution in [2.24, 2.45) is 0 Å². The molecule has 0 spiro atoms. The highest BCUT2D eigenvalue weighted by atomic mass is 127. The van der Waals surface area contributed by atoms with Crippen molar-refractivity contribution in [1.82, 2.24) is 15.3 Å². The lowest BCUT2D eigenvalue weighted by atomic mass is 9.91. The second-order valence-corrected chi connectivity index (χ2v) is 10.0. The zero-order chi connectivity index (χ0) is 27.2. The smallest absolute Gasteiger partial charge is 0.475 e. The van der Waals surface area contributed by atoms with Crippen molar-refractivity contribution >= 4 is 57.1 Å². The molecule has 3 N–H and O–H groups in total. The number of aromatic nitrogens is 2. The molecule has 3 aromatic rings. The van der Waals surface area contributed by atoms with E-state index in [2.05, 4.69) is 39.3 Å². The number of carboxylic acids is 1. The molecule has 8 nitrogen and oxygen atoms in total. The zero-order valence-electron chi connectivity index (χ0n) is 20.2. The number of carboxylic acid groups (broad SMARTS) is 1. The van der Waals surface area contributed by atoms with E-state index in [-0.39, 0.29) is 11.9 Å². The number of fused-ring (bicyclic) bond motifs is 1. The van der Waals surface area contributed by atoms with Crippen LogP contribution in [0.1, 0.15) is 36.0 Å². The van der Waals surface area contributed by atoms with E-state index in [9.17, 15) is 18.0 Å². The molecule has 198 valence electrons. The summed E-state index contributed by atoms with van der Waals surface area (Å²) in [6.45, 7) is 0. The van der Waals surface area contributed by atoms with Crippen LogP contribution in [0.4, 0.5) is 24.9 Å². The van der Waals surface area contributed by atoms with Gasteiger partial charge in [-0.2, -0.15) is 18.2 Å². The number of nitrogens with zero attached hydrogens (tertiary/aromatic N) is 3. The highest BCUT2D eigenvalue weighted by Crippen LogP contribution is 2.26. The van der Waals surface area contributed by atoms with Crippen LogP contribution in [0.2, 0.25) is 0 Å². The molecule has 1 aliphatic rings. The lowest BCUT2D eigenvalue weighted by Gasteiger charge is -2.30. The first-order valence-corrected chi connectivity index (χ1v) is 12.6. The van der Waals surface area contributed by atoms with E-state index >= 15 is 0 Å². The van der Waals surface area contributed by atoms with E-state index in [1.54, 1.807) is 0 Å². The highest BCUT2D eigenvalue weighted by molar-refractivity contribution is 14.1. The Balaban J connectivity index is 0.000000479. The number of hydrogen-bond acceptors (Lipinski definition) is 6. The average Bonchev–Trinajstić information content (AvgIpc) is 2.85. The van der Waals surface area contributed by atoms with Crippen LogP contribution in [-0.4, -0.2) is 59.3 Å². The molecule has 2 aromatic carbocycles. The Hall–Kier alpha value is -3.16. The SMILES string of the molecule is CN(C)c1nc(NC2CCC(NC(=O)c3ccc(I)cc3)CC2)nc2ccccc12.O=C(O)C(F)(F)F. The van der Waals surface area contributed by atoms with Crippen molar-refractivity contribution in [1.29, 1.82) is 0 Å². The molecule has 1 amide bonds. The van der Waals surface area contributed by atoms with Crippen molar-refractivity contribution in [3.63, 3.8) is 0 Å². The van der Waals surface area contributed by atoms with Gasteiger partial charge in [-0.25, -0.2) is 9.78 Å². The second-order valence-electron chi connectivity index (χ2n) is 8.76. The van der Waals surface area contributed by atoms with E-state index in [1.807, 2.05) is 61.5 Å². The maximum Gasteiger partial charge on any atom is 0.490 e. The number of anilines is 2. The predicted molar refractivity (Wildman–Crippen MR) is 144 cm³/mol. The van der Waals surface area contributed by atoms with Gasteiger partial charge in [0.2, 0.25) is 5.95 Å². The van der Waals surface area contributed by atoms with Crippen molar-refractivity contribution in [3.8, 4) is 0 Å². The second kappa shape index (κ2) is 12.4. The summed E-state index contributed by atoms with van der Waals surface area (Å²) in [6.07, 6.45) is -1.24. The summed E-state index contributed by atoms with van der Waals surface area (Å²) in [7, 11) is 4.00. The number of rotatable bonds is 5. The van der Waals surface area contributed by atoms with E-state index in [1.165, 1.54) is 0 Å². The summed E-state index contributed by atoms with van der Waals surface area (Å²) in [5, 5.41) is 14.9. The standard InChI is InChI=1S/C23H26IN5O.C2HF3O2/c1-29(2)21-19-5-3-4-6-20(19)27-23(28-21)26-18-13-11-17(12-14-18)25-22(30)15-7-9-16(24)10-8-15;3-2(4,5)1(6)7/h3-10,17-18H,11-14H2,1-2H3,(H,25,30)(H,26,27,28);(H,6,7). The molecule has 0 radical (unpaired) electrons. The first-order valence-electron chi connectivity index (χ1n) is 11.5. The fourth-order valence-electron chi connectivity index (χ4n) is 3.90. The minimum atomic E-state index is -5.08. The van der Waals surface area contributed by atoms with E-state index < -0.39 is 12.1 Å². The number of amides is 1. The summed E-state index contributed by atoms with van der Waals surface area (Å²) >= 11 is 2.24. The lowest BCUT2D eigenvalue weighted by Crippen LogP contribution is -2.40. The lowest BCUT2D eigenvalue weighted by molar-refractivity contribution is -0.192. The molecule has 37 heavy (non-hydrogen) atoms. The summed E-state index contributed by atoms with van der Waals surface area (Å²) in [5.74, 6) is -1.16. The predicted octanol–water partition coefficient (Wildman–Crippen LogP) is 5.09. The van der Waals surface area contributed by atoms with E-state index in [4.69, 9.17) is 19.9 Å². The number of hydrogen-bond donors (Lipinski definition) is 3. The number of nitrogens with one attached hydrogen (secondary N) is 2. The van der Waals surface area contributed by atoms with Crippen LogP contribution in [0.5, 0.6) is 0 Å². The summed E-state index contributed by atoms with van der Waals surface area (Å²) in [5.41, 5.74) is 1.66. The molecule has 1 aliphatic carbocycles. The van der Waals surface area contributed by atoms with Crippen LogP contribution in [0.3, 0.4) is 0 Å². The van der Waals surface area contributed by atoms with Crippen LogP contribution in [0.25, 0.3) is 10.9 Å². The van der Waals surface area contributed by atoms with Gasteiger partial charge in [0.15, 0.2) is 0 Å². The number of carbonyl (C=O) groups excluding carboxylic acids is 1. The Kier molecular flexibility index (Phi) is 9.51. The van der Waals surface area contributed by atoms with Crippen molar-refractivity contribution in [2.75, 3.05) is 24.3 Å². The Morgan fingerprint density at radius 2 is 1.54 bits per heavy atom. The van der Waals surface area contributed by atoms with Crippen molar-refractivity contribution in [3.05, 3.63) is 57.7 Å². The Bertz CT molecular complexity index is 1230. The molecule has 0 unspecified atom stereocenters. The third-order valence-electron chi connectivity index (χ3n) is 5.75. The van der Waals surface area contributed by atoms with Crippen LogP contribution >= 0.6 is 22.6 Å². The Labute approximate surface area is 225 Å². The van der Waals surface area contributed by atoms with Crippen LogP contribution < -0.4 is 15.5 Å². The third-order valence-corrected chi connectivity index (χ3v) is 6.47. The van der Waals surface area contributed by atoms with Gasteiger partial charge in [-0.15, -0.1) is 0 Å². The first-order chi connectivity index (χ1) is 17.4. The fraction of sp³-hybridized carbons (Fsp3) is 0.360. The maximum atomic E-state index is 12.5. The van der Waals surface area contributed by atoms with Gasteiger partial charge in [0.1, 0.15) is 5.82 Å². The number of benzene rings is 2. The summed E-state index contributed by atoms with van der Waals surface area (Å²) < 4.78 is 32.9. The minimum Gasteiger partial charge on any atom is -0.475 e. The molecule has 1 heterocycles. The molecule has 0 bridgehead atoms. The van der Waals surface area contributed by atoms with Gasteiger partial charge in [-0.3, -0.25) is 4.79 Å². The molecular formula is C25H27F3IN5O3. The Morgan fingerprint density at radius 1 is 0.973 bits per heavy atom. The Morgan fingerprint density at radius 3 is 2.11 bits per heavy atom. The normalized spacial score (nSPS) is 17.4. The molecule has 1 saturated carbocycles. The van der Waals surface area contributed by atoms with Crippen LogP contribution in [-0.2, 0) is 4.79 Å². The molecule has 0 saturated heterocycles. The molecule has 1 fully saturated rings.